The molecule has 1 aromatic rings. The highest BCUT2D eigenvalue weighted by molar-refractivity contribution is 5.51. The number of hydrogen-bond donors (Lipinski definition) is 1. The van der Waals surface area contributed by atoms with Crippen molar-refractivity contribution in [2.75, 3.05) is 18.0 Å². The number of nitrogens with zero attached hydrogens (tertiary/aromatic N) is 1. The monoisotopic (exact) mass is 260 g/mol. The molecule has 2 heterocycles. The first-order valence-corrected chi connectivity index (χ1v) is 7.37. The zero-order valence-corrected chi connectivity index (χ0v) is 11.9. The molecule has 2 saturated heterocycles. The summed E-state index contributed by atoms with van der Waals surface area (Å²) in [6, 6.07) is 7.02. The molecule has 0 amide bonds. The van der Waals surface area contributed by atoms with Crippen molar-refractivity contribution in [3.63, 3.8) is 0 Å². The Kier molecular flexibility index (Phi) is 3.50. The number of anilines is 1. The number of fused-ring (bicyclic) bond motifs is 2. The second-order valence-electron chi connectivity index (χ2n) is 6.15. The van der Waals surface area contributed by atoms with Gasteiger partial charge < -0.3 is 15.4 Å². The lowest BCUT2D eigenvalue weighted by Crippen LogP contribution is -2.42. The van der Waals surface area contributed by atoms with Crippen LogP contribution in [-0.4, -0.2) is 31.3 Å². The van der Waals surface area contributed by atoms with Crippen LogP contribution in [0, 0.1) is 6.92 Å². The molecule has 1 aromatic carbocycles. The average molecular weight is 260 g/mol. The van der Waals surface area contributed by atoms with Gasteiger partial charge in [0.25, 0.3) is 0 Å². The van der Waals surface area contributed by atoms with E-state index in [1.54, 1.807) is 0 Å². The average Bonchev–Trinajstić information content (AvgIpc) is 2.70. The fraction of sp³-hybridized carbons (Fsp3) is 0.625. The van der Waals surface area contributed by atoms with Gasteiger partial charge in [-0.15, -0.1) is 0 Å². The van der Waals surface area contributed by atoms with Crippen LogP contribution < -0.4 is 10.6 Å². The van der Waals surface area contributed by atoms with Gasteiger partial charge in [-0.25, -0.2) is 0 Å². The molecule has 0 aliphatic carbocycles. The standard InChI is InChI=1S/C16H24N2O/c1-11-7-14(4-3-13(11)8-12(2)17)18-9-15-5-6-16(10-18)19-15/h3-4,7,12,15-16H,5-6,8-10,17H2,1-2H3. The van der Waals surface area contributed by atoms with E-state index in [4.69, 9.17) is 10.5 Å². The Hall–Kier alpha value is -1.06. The molecule has 2 N–H and O–H groups in total. The van der Waals surface area contributed by atoms with Crippen molar-refractivity contribution in [3.8, 4) is 0 Å². The number of morpholine rings is 1. The van der Waals surface area contributed by atoms with Crippen molar-refractivity contribution in [1.82, 2.24) is 0 Å². The zero-order valence-electron chi connectivity index (χ0n) is 11.9. The summed E-state index contributed by atoms with van der Waals surface area (Å²) in [7, 11) is 0. The molecule has 19 heavy (non-hydrogen) atoms. The van der Waals surface area contributed by atoms with Crippen LogP contribution >= 0.6 is 0 Å². The number of rotatable bonds is 3. The van der Waals surface area contributed by atoms with Gasteiger partial charge in [-0.2, -0.15) is 0 Å². The van der Waals surface area contributed by atoms with E-state index in [-0.39, 0.29) is 6.04 Å². The van der Waals surface area contributed by atoms with Gasteiger partial charge in [0.2, 0.25) is 0 Å². The van der Waals surface area contributed by atoms with E-state index >= 15 is 0 Å². The fourth-order valence-electron chi connectivity index (χ4n) is 3.28. The molecule has 104 valence electrons. The van der Waals surface area contributed by atoms with E-state index in [0.29, 0.717) is 12.2 Å². The van der Waals surface area contributed by atoms with Crippen molar-refractivity contribution in [2.45, 2.75) is 51.4 Å². The largest absolute Gasteiger partial charge is 0.371 e. The highest BCUT2D eigenvalue weighted by Gasteiger charge is 2.33. The van der Waals surface area contributed by atoms with E-state index in [0.717, 1.165) is 19.5 Å². The smallest absolute Gasteiger partial charge is 0.0755 e. The number of hydrogen-bond acceptors (Lipinski definition) is 3. The molecule has 2 fully saturated rings. The number of nitrogens with two attached hydrogens (primary N) is 1. The van der Waals surface area contributed by atoms with E-state index in [1.165, 1.54) is 29.7 Å². The minimum atomic E-state index is 0.226. The summed E-state index contributed by atoms with van der Waals surface area (Å²) in [6.45, 7) is 6.34. The minimum Gasteiger partial charge on any atom is -0.371 e. The summed E-state index contributed by atoms with van der Waals surface area (Å²) in [6.07, 6.45) is 4.30. The maximum Gasteiger partial charge on any atom is 0.0755 e. The first kappa shape index (κ1) is 12.9. The van der Waals surface area contributed by atoms with Crippen molar-refractivity contribution < 1.29 is 4.74 Å². The molecule has 3 nitrogen and oxygen atoms in total. The van der Waals surface area contributed by atoms with Gasteiger partial charge in [0, 0.05) is 24.8 Å². The second kappa shape index (κ2) is 5.14. The molecule has 3 atom stereocenters. The maximum absolute atomic E-state index is 5.90. The second-order valence-corrected chi connectivity index (χ2v) is 6.15. The van der Waals surface area contributed by atoms with Gasteiger partial charge in [-0.3, -0.25) is 0 Å². The first-order chi connectivity index (χ1) is 9.11. The molecule has 2 bridgehead atoms. The third-order valence-electron chi connectivity index (χ3n) is 4.28. The predicted octanol–water partition coefficient (Wildman–Crippen LogP) is 2.25. The van der Waals surface area contributed by atoms with Crippen LogP contribution in [0.3, 0.4) is 0 Å². The predicted molar refractivity (Wildman–Crippen MR) is 78.6 cm³/mol. The van der Waals surface area contributed by atoms with Crippen molar-refractivity contribution in [3.05, 3.63) is 29.3 Å². The normalized spacial score (nSPS) is 27.6. The van der Waals surface area contributed by atoms with Gasteiger partial charge in [-0.1, -0.05) is 6.07 Å². The van der Waals surface area contributed by atoms with Crippen LogP contribution in [-0.2, 0) is 11.2 Å². The Labute approximate surface area is 115 Å². The van der Waals surface area contributed by atoms with Crippen LogP contribution in [0.15, 0.2) is 18.2 Å². The molecule has 0 spiro atoms. The summed E-state index contributed by atoms with van der Waals surface area (Å²) < 4.78 is 5.90. The van der Waals surface area contributed by atoms with Crippen LogP contribution in [0.2, 0.25) is 0 Å². The summed E-state index contributed by atoms with van der Waals surface area (Å²) in [5, 5.41) is 0. The maximum atomic E-state index is 5.90. The quantitative estimate of drug-likeness (QED) is 0.906. The summed E-state index contributed by atoms with van der Waals surface area (Å²) in [5.41, 5.74) is 9.96. The first-order valence-electron chi connectivity index (χ1n) is 7.37. The van der Waals surface area contributed by atoms with Crippen molar-refractivity contribution >= 4 is 5.69 Å². The van der Waals surface area contributed by atoms with Crippen molar-refractivity contribution in [2.24, 2.45) is 5.73 Å². The number of ether oxygens (including phenoxy) is 1. The molecular formula is C16H24N2O. The lowest BCUT2D eigenvalue weighted by molar-refractivity contribution is 0.0305. The topological polar surface area (TPSA) is 38.5 Å². The molecule has 0 radical (unpaired) electrons. The van der Waals surface area contributed by atoms with Crippen LogP contribution in [0.1, 0.15) is 30.9 Å². The van der Waals surface area contributed by atoms with Gasteiger partial charge in [-0.05, 0) is 56.4 Å². The SMILES string of the molecule is Cc1cc(N2CC3CCC(C2)O3)ccc1CC(C)N. The van der Waals surface area contributed by atoms with Crippen LogP contribution in [0.4, 0.5) is 5.69 Å². The van der Waals surface area contributed by atoms with Gasteiger partial charge in [0.15, 0.2) is 0 Å². The number of benzene rings is 1. The zero-order chi connectivity index (χ0) is 13.4. The molecule has 0 aromatic heterocycles. The molecule has 3 rings (SSSR count). The number of aryl methyl sites for hydroxylation is 1. The van der Waals surface area contributed by atoms with Gasteiger partial charge >= 0.3 is 0 Å². The summed E-state index contributed by atoms with van der Waals surface area (Å²) in [4.78, 5) is 2.48. The molecule has 3 heteroatoms. The minimum absolute atomic E-state index is 0.226. The Bertz CT molecular complexity index is 446. The summed E-state index contributed by atoms with van der Waals surface area (Å²) >= 11 is 0. The lowest BCUT2D eigenvalue weighted by atomic mass is 10.0. The Morgan fingerprint density at radius 2 is 2.00 bits per heavy atom. The Morgan fingerprint density at radius 1 is 1.32 bits per heavy atom. The Morgan fingerprint density at radius 3 is 2.58 bits per heavy atom. The highest BCUT2D eigenvalue weighted by Crippen LogP contribution is 2.30. The van der Waals surface area contributed by atoms with Crippen LogP contribution in [0.25, 0.3) is 0 Å². The molecular weight excluding hydrogens is 236 g/mol. The molecule has 0 saturated carbocycles. The molecule has 2 aliphatic heterocycles. The van der Waals surface area contributed by atoms with E-state index in [9.17, 15) is 0 Å². The van der Waals surface area contributed by atoms with Crippen molar-refractivity contribution in [1.29, 1.82) is 0 Å². The van der Waals surface area contributed by atoms with Gasteiger partial charge in [0.05, 0.1) is 12.2 Å². The third-order valence-corrected chi connectivity index (χ3v) is 4.28. The lowest BCUT2D eigenvalue weighted by Gasteiger charge is -2.34. The Balaban J connectivity index is 1.76. The highest BCUT2D eigenvalue weighted by atomic mass is 16.5. The van der Waals surface area contributed by atoms with E-state index in [1.807, 2.05) is 0 Å². The summed E-state index contributed by atoms with van der Waals surface area (Å²) in [5.74, 6) is 0. The van der Waals surface area contributed by atoms with Gasteiger partial charge in [0.1, 0.15) is 0 Å². The fourth-order valence-corrected chi connectivity index (χ4v) is 3.28. The molecule has 2 aliphatic rings. The third kappa shape index (κ3) is 2.77. The molecule has 3 unspecified atom stereocenters. The van der Waals surface area contributed by atoms with Crippen LogP contribution in [0.5, 0.6) is 0 Å². The van der Waals surface area contributed by atoms with E-state index in [2.05, 4.69) is 36.9 Å². The van der Waals surface area contributed by atoms with E-state index < -0.39 is 0 Å².